The SMILES string of the molecule is O=C(COc1ccc(Br)cc1F)NCCN1C(=O)S/C(=C\c2ccccc2F)C1=O. The summed E-state index contributed by atoms with van der Waals surface area (Å²) in [6.07, 6.45) is 1.32. The van der Waals surface area contributed by atoms with Crippen molar-refractivity contribution in [3.8, 4) is 5.75 Å². The van der Waals surface area contributed by atoms with Crippen LogP contribution in [0.4, 0.5) is 13.6 Å². The van der Waals surface area contributed by atoms with Crippen LogP contribution in [0.5, 0.6) is 5.75 Å². The fourth-order valence-corrected chi connectivity index (χ4v) is 3.71. The molecule has 3 amide bonds. The summed E-state index contributed by atoms with van der Waals surface area (Å²) in [7, 11) is 0. The van der Waals surface area contributed by atoms with Gasteiger partial charge in [-0.25, -0.2) is 8.78 Å². The number of carbonyl (C=O) groups is 3. The van der Waals surface area contributed by atoms with Crippen LogP contribution < -0.4 is 10.1 Å². The third-order valence-corrected chi connectivity index (χ3v) is 5.38. The Morgan fingerprint density at radius 1 is 1.17 bits per heavy atom. The summed E-state index contributed by atoms with van der Waals surface area (Å²) in [6.45, 7) is -0.485. The first-order valence-electron chi connectivity index (χ1n) is 8.69. The van der Waals surface area contributed by atoms with Gasteiger partial charge in [0, 0.05) is 23.1 Å². The molecule has 1 heterocycles. The molecule has 3 rings (SSSR count). The number of amides is 3. The Kier molecular flexibility index (Phi) is 7.22. The van der Waals surface area contributed by atoms with E-state index in [0.29, 0.717) is 16.2 Å². The van der Waals surface area contributed by atoms with Crippen molar-refractivity contribution in [3.63, 3.8) is 0 Å². The molecule has 0 aliphatic carbocycles. The summed E-state index contributed by atoms with van der Waals surface area (Å²) < 4.78 is 33.1. The Morgan fingerprint density at radius 2 is 1.93 bits per heavy atom. The Balaban J connectivity index is 1.49. The van der Waals surface area contributed by atoms with Crippen LogP contribution in [0.25, 0.3) is 6.08 Å². The lowest BCUT2D eigenvalue weighted by Gasteiger charge is -2.13. The molecule has 10 heteroatoms. The van der Waals surface area contributed by atoms with Crippen LogP contribution in [0.2, 0.25) is 0 Å². The second kappa shape index (κ2) is 9.86. The van der Waals surface area contributed by atoms with E-state index in [2.05, 4.69) is 21.2 Å². The molecule has 1 aliphatic heterocycles. The molecule has 30 heavy (non-hydrogen) atoms. The van der Waals surface area contributed by atoms with Crippen LogP contribution in [-0.2, 0) is 9.59 Å². The molecule has 0 atom stereocenters. The van der Waals surface area contributed by atoms with Crippen molar-refractivity contribution in [2.24, 2.45) is 0 Å². The number of ether oxygens (including phenoxy) is 1. The minimum Gasteiger partial charge on any atom is -0.481 e. The van der Waals surface area contributed by atoms with Crippen molar-refractivity contribution in [2.75, 3.05) is 19.7 Å². The van der Waals surface area contributed by atoms with Gasteiger partial charge in [-0.15, -0.1) is 0 Å². The second-order valence-electron chi connectivity index (χ2n) is 6.07. The molecule has 1 aliphatic rings. The molecule has 1 fully saturated rings. The van der Waals surface area contributed by atoms with E-state index in [1.807, 2.05) is 0 Å². The van der Waals surface area contributed by atoms with Gasteiger partial charge in [-0.2, -0.15) is 0 Å². The monoisotopic (exact) mass is 496 g/mol. The summed E-state index contributed by atoms with van der Waals surface area (Å²) in [5.41, 5.74) is 0.202. The van der Waals surface area contributed by atoms with Gasteiger partial charge in [0.25, 0.3) is 17.1 Å². The highest BCUT2D eigenvalue weighted by Gasteiger charge is 2.34. The van der Waals surface area contributed by atoms with Crippen molar-refractivity contribution in [1.29, 1.82) is 0 Å². The van der Waals surface area contributed by atoms with Crippen LogP contribution in [-0.4, -0.2) is 41.6 Å². The molecule has 0 saturated carbocycles. The number of hydrogen-bond donors (Lipinski definition) is 1. The first kappa shape index (κ1) is 22.0. The molecule has 0 aromatic heterocycles. The second-order valence-corrected chi connectivity index (χ2v) is 7.98. The lowest BCUT2D eigenvalue weighted by molar-refractivity contribution is -0.125. The summed E-state index contributed by atoms with van der Waals surface area (Å²) in [5, 5.41) is 1.99. The average Bonchev–Trinajstić information content (AvgIpc) is 2.96. The maximum atomic E-state index is 13.7. The van der Waals surface area contributed by atoms with Gasteiger partial charge in [0.2, 0.25) is 0 Å². The maximum absolute atomic E-state index is 13.7. The van der Waals surface area contributed by atoms with E-state index in [-0.39, 0.29) is 29.3 Å². The van der Waals surface area contributed by atoms with Gasteiger partial charge in [-0.3, -0.25) is 19.3 Å². The van der Waals surface area contributed by atoms with Crippen LogP contribution in [0, 0.1) is 11.6 Å². The normalized spacial score (nSPS) is 15.0. The Labute approximate surface area is 183 Å². The zero-order valence-electron chi connectivity index (χ0n) is 15.4. The van der Waals surface area contributed by atoms with Gasteiger partial charge in [0.1, 0.15) is 5.82 Å². The first-order chi connectivity index (χ1) is 14.3. The smallest absolute Gasteiger partial charge is 0.293 e. The Hall–Kier alpha value is -2.72. The van der Waals surface area contributed by atoms with Crippen LogP contribution >= 0.6 is 27.7 Å². The highest BCUT2D eigenvalue weighted by Crippen LogP contribution is 2.32. The van der Waals surface area contributed by atoms with Gasteiger partial charge in [-0.05, 0) is 42.1 Å². The van der Waals surface area contributed by atoms with E-state index in [0.717, 1.165) is 4.90 Å². The molecule has 1 saturated heterocycles. The molecule has 0 unspecified atom stereocenters. The summed E-state index contributed by atoms with van der Waals surface area (Å²) >= 11 is 3.82. The molecule has 0 bridgehead atoms. The number of thioether (sulfide) groups is 1. The number of benzene rings is 2. The van der Waals surface area contributed by atoms with Crippen LogP contribution in [0.15, 0.2) is 51.8 Å². The number of carbonyl (C=O) groups excluding carboxylic acids is 3. The third-order valence-electron chi connectivity index (χ3n) is 3.98. The quantitative estimate of drug-likeness (QED) is 0.587. The van der Waals surface area contributed by atoms with Crippen molar-refractivity contribution >= 4 is 50.8 Å². The number of imide groups is 1. The van der Waals surface area contributed by atoms with Gasteiger partial charge >= 0.3 is 0 Å². The molecule has 156 valence electrons. The van der Waals surface area contributed by atoms with E-state index in [9.17, 15) is 23.2 Å². The topological polar surface area (TPSA) is 75.7 Å². The zero-order valence-corrected chi connectivity index (χ0v) is 17.8. The van der Waals surface area contributed by atoms with E-state index < -0.39 is 35.3 Å². The van der Waals surface area contributed by atoms with Crippen molar-refractivity contribution in [1.82, 2.24) is 10.2 Å². The van der Waals surface area contributed by atoms with E-state index in [1.54, 1.807) is 12.1 Å². The number of hydrogen-bond acceptors (Lipinski definition) is 5. The van der Waals surface area contributed by atoms with Crippen molar-refractivity contribution < 1.29 is 27.9 Å². The van der Waals surface area contributed by atoms with Gasteiger partial charge in [-0.1, -0.05) is 34.1 Å². The van der Waals surface area contributed by atoms with Crippen LogP contribution in [0.1, 0.15) is 5.56 Å². The highest BCUT2D eigenvalue weighted by atomic mass is 79.9. The Bertz CT molecular complexity index is 1030. The molecule has 2 aromatic rings. The lowest BCUT2D eigenvalue weighted by atomic mass is 10.2. The molecule has 0 radical (unpaired) electrons. The molecule has 1 N–H and O–H groups in total. The van der Waals surface area contributed by atoms with Crippen LogP contribution in [0.3, 0.4) is 0 Å². The molecular formula is C20H15BrF2N2O4S. The fraction of sp³-hybridized carbons (Fsp3) is 0.150. The summed E-state index contributed by atoms with van der Waals surface area (Å²) in [4.78, 5) is 37.4. The predicted molar refractivity (Wildman–Crippen MR) is 112 cm³/mol. The molecular weight excluding hydrogens is 482 g/mol. The fourth-order valence-electron chi connectivity index (χ4n) is 2.52. The minimum atomic E-state index is -0.614. The number of halogens is 3. The van der Waals surface area contributed by atoms with Crippen molar-refractivity contribution in [3.05, 3.63) is 69.0 Å². The highest BCUT2D eigenvalue weighted by molar-refractivity contribution is 9.10. The van der Waals surface area contributed by atoms with E-state index in [1.165, 1.54) is 36.4 Å². The number of nitrogens with zero attached hydrogens (tertiary/aromatic N) is 1. The van der Waals surface area contributed by atoms with Gasteiger partial charge < -0.3 is 10.1 Å². The molecule has 2 aromatic carbocycles. The molecule has 0 spiro atoms. The largest absolute Gasteiger partial charge is 0.481 e. The zero-order chi connectivity index (χ0) is 21.7. The molecule has 6 nitrogen and oxygen atoms in total. The minimum absolute atomic E-state index is 0.00394. The van der Waals surface area contributed by atoms with E-state index in [4.69, 9.17) is 4.74 Å². The van der Waals surface area contributed by atoms with Gasteiger partial charge in [0.15, 0.2) is 18.2 Å². The number of rotatable bonds is 7. The lowest BCUT2D eigenvalue weighted by Crippen LogP contribution is -2.38. The average molecular weight is 497 g/mol. The predicted octanol–water partition coefficient (Wildman–Crippen LogP) is 3.96. The first-order valence-corrected chi connectivity index (χ1v) is 10.3. The van der Waals surface area contributed by atoms with E-state index >= 15 is 0 Å². The Morgan fingerprint density at radius 3 is 2.67 bits per heavy atom. The summed E-state index contributed by atoms with van der Waals surface area (Å²) in [5.74, 6) is -2.28. The number of nitrogens with one attached hydrogen (secondary N) is 1. The maximum Gasteiger partial charge on any atom is 0.293 e. The van der Waals surface area contributed by atoms with Crippen molar-refractivity contribution in [2.45, 2.75) is 0 Å². The van der Waals surface area contributed by atoms with Gasteiger partial charge in [0.05, 0.1) is 4.91 Å². The third kappa shape index (κ3) is 5.45. The summed E-state index contributed by atoms with van der Waals surface area (Å²) in [6, 6.07) is 10.1. The standard InChI is InChI=1S/C20H15BrF2N2O4S/c21-13-5-6-16(15(23)10-13)29-11-18(26)24-7-8-25-19(27)17(30-20(25)28)9-12-3-1-2-4-14(12)22/h1-6,9-10H,7-8,11H2,(H,24,26)/b17-9-.